The Morgan fingerprint density at radius 3 is 2.15 bits per heavy atom. The molecule has 1 aromatic heterocycles. The Bertz CT molecular complexity index is 980. The van der Waals surface area contributed by atoms with E-state index in [1.807, 2.05) is 51.4 Å². The van der Waals surface area contributed by atoms with Gasteiger partial charge in [-0.3, -0.25) is 0 Å². The zero-order chi connectivity index (χ0) is 19.3. The van der Waals surface area contributed by atoms with E-state index in [0.29, 0.717) is 5.02 Å². The molecule has 4 N–H and O–H groups in total. The molecule has 1 heterocycles. The van der Waals surface area contributed by atoms with Crippen LogP contribution in [0.25, 0.3) is 22.4 Å². The van der Waals surface area contributed by atoms with Crippen LogP contribution in [0.4, 0.5) is 0 Å². The first-order valence-electron chi connectivity index (χ1n) is 7.93. The summed E-state index contributed by atoms with van der Waals surface area (Å²) in [5.41, 5.74) is 4.79. The van der Waals surface area contributed by atoms with Gasteiger partial charge in [-0.1, -0.05) is 35.9 Å². The first-order chi connectivity index (χ1) is 12.3. The number of halogens is 1. The van der Waals surface area contributed by atoms with E-state index in [2.05, 4.69) is 10.3 Å². The predicted octanol–water partition coefficient (Wildman–Crippen LogP) is 3.79. The zero-order valence-corrected chi connectivity index (χ0v) is 16.4. The van der Waals surface area contributed by atoms with Gasteiger partial charge in [-0.15, -0.1) is 0 Å². The fourth-order valence-corrected chi connectivity index (χ4v) is 3.22. The first kappa shape index (κ1) is 20.2. The SMILES string of the molecule is CNC.Cc1cc(-c2cccc(Cl)c2)c(-c2ccc(S(N)(=O)=O)cc2)[nH]1. The molecule has 5 nitrogen and oxygen atoms in total. The first-order valence-corrected chi connectivity index (χ1v) is 9.86. The molecule has 0 saturated heterocycles. The molecule has 0 atom stereocenters. The monoisotopic (exact) mass is 391 g/mol. The standard InChI is InChI=1S/C17H15ClN2O2S.C2H7N/c1-11-9-16(13-3-2-4-14(18)10-13)17(20-11)12-5-7-15(8-6-12)23(19,21)22;1-3-2/h2-10,20H,1H3,(H2,19,21,22);3H,1-2H3. The lowest BCUT2D eigenvalue weighted by Gasteiger charge is -2.06. The third-order valence-electron chi connectivity index (χ3n) is 3.56. The highest BCUT2D eigenvalue weighted by Crippen LogP contribution is 2.33. The topological polar surface area (TPSA) is 88.0 Å². The lowest BCUT2D eigenvalue weighted by molar-refractivity contribution is 0.598. The van der Waals surface area contributed by atoms with E-state index in [4.69, 9.17) is 16.7 Å². The van der Waals surface area contributed by atoms with Gasteiger partial charge >= 0.3 is 0 Å². The molecule has 0 bridgehead atoms. The number of nitrogens with two attached hydrogens (primary N) is 1. The van der Waals surface area contributed by atoms with Crippen LogP contribution in [0.15, 0.2) is 59.5 Å². The van der Waals surface area contributed by atoms with Gasteiger partial charge in [-0.25, -0.2) is 13.6 Å². The molecule has 0 fully saturated rings. The Morgan fingerprint density at radius 2 is 1.62 bits per heavy atom. The maximum atomic E-state index is 11.4. The van der Waals surface area contributed by atoms with Crippen molar-refractivity contribution < 1.29 is 8.42 Å². The second-order valence-electron chi connectivity index (χ2n) is 5.82. The largest absolute Gasteiger partial charge is 0.358 e. The van der Waals surface area contributed by atoms with Crippen molar-refractivity contribution in [2.45, 2.75) is 11.8 Å². The highest BCUT2D eigenvalue weighted by atomic mass is 35.5. The van der Waals surface area contributed by atoms with Gasteiger partial charge in [-0.2, -0.15) is 0 Å². The molecular weight excluding hydrogens is 370 g/mol. The van der Waals surface area contributed by atoms with Gasteiger partial charge in [0.05, 0.1) is 10.6 Å². The van der Waals surface area contributed by atoms with Crippen molar-refractivity contribution >= 4 is 21.6 Å². The maximum absolute atomic E-state index is 11.4. The minimum Gasteiger partial charge on any atom is -0.358 e. The Hall–Kier alpha value is -2.12. The van der Waals surface area contributed by atoms with Crippen LogP contribution in [0.5, 0.6) is 0 Å². The van der Waals surface area contributed by atoms with Crippen LogP contribution in [0.1, 0.15) is 5.69 Å². The Balaban J connectivity index is 0.000000758. The van der Waals surface area contributed by atoms with E-state index in [-0.39, 0.29) is 4.90 Å². The summed E-state index contributed by atoms with van der Waals surface area (Å²) in [5, 5.41) is 8.55. The normalized spacial score (nSPS) is 11.0. The van der Waals surface area contributed by atoms with Gasteiger partial charge in [0.25, 0.3) is 0 Å². The highest BCUT2D eigenvalue weighted by Gasteiger charge is 2.13. The molecule has 138 valence electrons. The summed E-state index contributed by atoms with van der Waals surface area (Å²) in [6, 6.07) is 16.1. The number of rotatable bonds is 3. The Kier molecular flexibility index (Phi) is 6.61. The molecule has 0 radical (unpaired) electrons. The van der Waals surface area contributed by atoms with Crippen LogP contribution in [0, 0.1) is 6.92 Å². The fourth-order valence-electron chi connectivity index (χ4n) is 2.51. The molecule has 0 aliphatic heterocycles. The number of hydrogen-bond acceptors (Lipinski definition) is 3. The Morgan fingerprint density at radius 1 is 1.00 bits per heavy atom. The van der Waals surface area contributed by atoms with Crippen molar-refractivity contribution in [2.24, 2.45) is 5.14 Å². The molecule has 26 heavy (non-hydrogen) atoms. The quantitative estimate of drug-likeness (QED) is 0.634. The maximum Gasteiger partial charge on any atom is 0.238 e. The molecule has 3 rings (SSSR count). The average molecular weight is 392 g/mol. The summed E-state index contributed by atoms with van der Waals surface area (Å²) in [7, 11) is 0.0579. The van der Waals surface area contributed by atoms with Crippen molar-refractivity contribution in [3.05, 3.63) is 65.3 Å². The molecule has 0 aliphatic rings. The molecule has 0 spiro atoms. The number of aromatic amines is 1. The fraction of sp³-hybridized carbons (Fsp3) is 0.158. The number of nitrogens with one attached hydrogen (secondary N) is 2. The van der Waals surface area contributed by atoms with Gasteiger partial charge in [0.1, 0.15) is 0 Å². The number of sulfonamides is 1. The summed E-state index contributed by atoms with van der Waals surface area (Å²) >= 11 is 6.08. The molecule has 7 heteroatoms. The van der Waals surface area contributed by atoms with Crippen LogP contribution in [0.2, 0.25) is 5.02 Å². The average Bonchev–Trinajstić information content (AvgIpc) is 2.97. The summed E-state index contributed by atoms with van der Waals surface area (Å²) < 4.78 is 22.7. The molecule has 0 amide bonds. The van der Waals surface area contributed by atoms with Gasteiger partial charge < -0.3 is 10.3 Å². The minimum absolute atomic E-state index is 0.0915. The third kappa shape index (κ3) is 4.95. The van der Waals surface area contributed by atoms with E-state index in [9.17, 15) is 8.42 Å². The van der Waals surface area contributed by atoms with E-state index >= 15 is 0 Å². The van der Waals surface area contributed by atoms with E-state index < -0.39 is 10.0 Å². The second-order valence-corrected chi connectivity index (χ2v) is 7.82. The van der Waals surface area contributed by atoms with Crippen molar-refractivity contribution in [2.75, 3.05) is 14.1 Å². The number of H-pyrrole nitrogens is 1. The van der Waals surface area contributed by atoms with Crippen LogP contribution in [0.3, 0.4) is 0 Å². The van der Waals surface area contributed by atoms with Crippen molar-refractivity contribution in [1.29, 1.82) is 0 Å². The van der Waals surface area contributed by atoms with Crippen LogP contribution in [-0.4, -0.2) is 27.5 Å². The number of benzene rings is 2. The zero-order valence-electron chi connectivity index (χ0n) is 14.9. The number of primary sulfonamides is 1. The lowest BCUT2D eigenvalue weighted by atomic mass is 10.0. The van der Waals surface area contributed by atoms with Crippen molar-refractivity contribution in [3.63, 3.8) is 0 Å². The molecule has 0 saturated carbocycles. The van der Waals surface area contributed by atoms with Crippen LogP contribution in [-0.2, 0) is 10.0 Å². The molecule has 3 aromatic rings. The predicted molar refractivity (Wildman–Crippen MR) is 108 cm³/mol. The molecule has 2 aromatic carbocycles. The number of aromatic nitrogens is 1. The summed E-state index contributed by atoms with van der Waals surface area (Å²) in [5.74, 6) is 0. The number of aryl methyl sites for hydroxylation is 1. The van der Waals surface area contributed by atoms with Gasteiger partial charge in [-0.05, 0) is 62.5 Å². The summed E-state index contributed by atoms with van der Waals surface area (Å²) in [6.45, 7) is 1.97. The Labute approximate surface area is 159 Å². The highest BCUT2D eigenvalue weighted by molar-refractivity contribution is 7.89. The second kappa shape index (κ2) is 8.51. The summed E-state index contributed by atoms with van der Waals surface area (Å²) in [6.07, 6.45) is 0. The van der Waals surface area contributed by atoms with E-state index in [0.717, 1.165) is 28.1 Å². The molecule has 0 aliphatic carbocycles. The van der Waals surface area contributed by atoms with Crippen LogP contribution < -0.4 is 10.5 Å². The van der Waals surface area contributed by atoms with Gasteiger partial charge in [0, 0.05) is 16.3 Å². The van der Waals surface area contributed by atoms with E-state index in [1.54, 1.807) is 12.1 Å². The van der Waals surface area contributed by atoms with Crippen LogP contribution >= 0.6 is 11.6 Å². The number of hydrogen-bond donors (Lipinski definition) is 3. The third-order valence-corrected chi connectivity index (χ3v) is 4.72. The van der Waals surface area contributed by atoms with Crippen molar-refractivity contribution in [1.82, 2.24) is 10.3 Å². The minimum atomic E-state index is -3.69. The summed E-state index contributed by atoms with van der Waals surface area (Å²) in [4.78, 5) is 3.40. The smallest absolute Gasteiger partial charge is 0.238 e. The lowest BCUT2D eigenvalue weighted by Crippen LogP contribution is -2.11. The molecular formula is C19H22ClN3O2S. The van der Waals surface area contributed by atoms with Gasteiger partial charge in [0.15, 0.2) is 0 Å². The van der Waals surface area contributed by atoms with E-state index in [1.165, 1.54) is 12.1 Å². The van der Waals surface area contributed by atoms with Crippen molar-refractivity contribution in [3.8, 4) is 22.4 Å². The molecule has 0 unspecified atom stereocenters. The van der Waals surface area contributed by atoms with Gasteiger partial charge in [0.2, 0.25) is 10.0 Å².